The van der Waals surface area contributed by atoms with Crippen molar-refractivity contribution < 1.29 is 9.85 Å². The Bertz CT molecular complexity index is 1010. The molecule has 152 valence electrons. The molecule has 0 saturated carbocycles. The minimum absolute atomic E-state index is 0.130. The zero-order valence-corrected chi connectivity index (χ0v) is 16.9. The van der Waals surface area contributed by atoms with Crippen LogP contribution in [0.4, 0.5) is 17.1 Å². The number of nitrogens with one attached hydrogen (secondary N) is 1. The van der Waals surface area contributed by atoms with Crippen LogP contribution in [0.2, 0.25) is 0 Å². The summed E-state index contributed by atoms with van der Waals surface area (Å²) < 4.78 is 0. The lowest BCUT2D eigenvalue weighted by molar-refractivity contribution is -0.393. The van der Waals surface area contributed by atoms with Gasteiger partial charge in [0, 0.05) is 11.6 Å². The maximum atomic E-state index is 11.4. The molecule has 8 nitrogen and oxygen atoms in total. The van der Waals surface area contributed by atoms with Gasteiger partial charge in [-0.25, -0.2) is 0 Å². The van der Waals surface area contributed by atoms with Crippen molar-refractivity contribution in [3.8, 4) is 0 Å². The molecule has 3 rings (SSSR count). The molecule has 0 fully saturated rings. The van der Waals surface area contributed by atoms with Crippen LogP contribution in [-0.4, -0.2) is 15.6 Å². The molecule has 2 aromatic carbocycles. The van der Waals surface area contributed by atoms with E-state index < -0.39 is 9.85 Å². The maximum Gasteiger partial charge on any atom is 0.301 e. The smallest absolute Gasteiger partial charge is 0.271 e. The number of hydrogen-bond acceptors (Lipinski definition) is 6. The zero-order valence-electron chi connectivity index (χ0n) is 16.9. The van der Waals surface area contributed by atoms with E-state index in [0.717, 1.165) is 35.7 Å². The molecule has 1 unspecified atom stereocenters. The number of nitro benzene ring substituents is 2. The summed E-state index contributed by atoms with van der Waals surface area (Å²) in [6, 6.07) is 7.76. The second-order valence-electron chi connectivity index (χ2n) is 7.88. The molecule has 0 spiro atoms. The summed E-state index contributed by atoms with van der Waals surface area (Å²) >= 11 is 0. The van der Waals surface area contributed by atoms with Crippen LogP contribution in [0.25, 0.3) is 0 Å². The first-order valence-corrected chi connectivity index (χ1v) is 9.57. The third kappa shape index (κ3) is 4.11. The Morgan fingerprint density at radius 1 is 1.10 bits per heavy atom. The largest absolute Gasteiger partial charge is 0.301 e. The van der Waals surface area contributed by atoms with Gasteiger partial charge in [-0.15, -0.1) is 0 Å². The predicted octanol–water partition coefficient (Wildman–Crippen LogP) is 5.33. The molecule has 0 radical (unpaired) electrons. The van der Waals surface area contributed by atoms with Crippen molar-refractivity contribution in [1.29, 1.82) is 0 Å². The van der Waals surface area contributed by atoms with Crippen molar-refractivity contribution in [2.45, 2.75) is 46.5 Å². The summed E-state index contributed by atoms with van der Waals surface area (Å²) in [6.07, 6.45) is 1.73. The number of nitro groups is 2. The highest BCUT2D eigenvalue weighted by atomic mass is 16.6. The molecule has 0 amide bonds. The van der Waals surface area contributed by atoms with Crippen LogP contribution in [0.15, 0.2) is 35.4 Å². The van der Waals surface area contributed by atoms with E-state index in [1.165, 1.54) is 23.3 Å². The highest BCUT2D eigenvalue weighted by Crippen LogP contribution is 2.35. The fourth-order valence-electron chi connectivity index (χ4n) is 3.90. The average Bonchev–Trinajstić information content (AvgIpc) is 2.65. The SMILES string of the molecule is Cc1ccc(C(C)C)c2c1/C(=N\Nc1ccc([N+](=O)[O-])cc1[N+](=O)[O-])CC(C)C2. The number of fused-ring (bicyclic) bond motifs is 1. The highest BCUT2D eigenvalue weighted by molar-refractivity contribution is 6.04. The van der Waals surface area contributed by atoms with E-state index in [1.807, 2.05) is 6.92 Å². The van der Waals surface area contributed by atoms with Gasteiger partial charge in [-0.1, -0.05) is 32.9 Å². The Morgan fingerprint density at radius 3 is 2.45 bits per heavy atom. The molecule has 0 bridgehead atoms. The van der Waals surface area contributed by atoms with Gasteiger partial charge in [-0.05, 0) is 54.4 Å². The molecule has 0 saturated heterocycles. The number of rotatable bonds is 5. The first-order chi connectivity index (χ1) is 13.7. The number of benzene rings is 2. The molecule has 1 aliphatic carbocycles. The Balaban J connectivity index is 2.05. The number of hydrogen-bond donors (Lipinski definition) is 1. The summed E-state index contributed by atoms with van der Waals surface area (Å²) in [4.78, 5) is 21.0. The lowest BCUT2D eigenvalue weighted by Crippen LogP contribution is -2.23. The van der Waals surface area contributed by atoms with Gasteiger partial charge in [0.25, 0.3) is 5.69 Å². The minimum Gasteiger partial charge on any atom is -0.271 e. The van der Waals surface area contributed by atoms with Crippen LogP contribution in [-0.2, 0) is 6.42 Å². The monoisotopic (exact) mass is 396 g/mol. The molecule has 0 aliphatic heterocycles. The van der Waals surface area contributed by atoms with E-state index >= 15 is 0 Å². The van der Waals surface area contributed by atoms with Gasteiger partial charge >= 0.3 is 5.69 Å². The summed E-state index contributed by atoms with van der Waals surface area (Å²) in [5.74, 6) is 0.786. The van der Waals surface area contributed by atoms with Gasteiger partial charge < -0.3 is 0 Å². The third-order valence-electron chi connectivity index (χ3n) is 5.26. The molecule has 1 N–H and O–H groups in total. The van der Waals surface area contributed by atoms with Gasteiger partial charge in [0.1, 0.15) is 5.69 Å². The van der Waals surface area contributed by atoms with Gasteiger partial charge in [0.15, 0.2) is 0 Å². The van der Waals surface area contributed by atoms with Crippen LogP contribution in [0.1, 0.15) is 55.4 Å². The second kappa shape index (κ2) is 7.98. The van der Waals surface area contributed by atoms with Crippen molar-refractivity contribution in [2.24, 2.45) is 11.0 Å². The Labute approximate surface area is 168 Å². The van der Waals surface area contributed by atoms with Crippen LogP contribution >= 0.6 is 0 Å². The zero-order chi connectivity index (χ0) is 21.3. The highest BCUT2D eigenvalue weighted by Gasteiger charge is 2.26. The molecular formula is C21H24N4O4. The number of hydrazone groups is 1. The van der Waals surface area contributed by atoms with E-state index in [4.69, 9.17) is 0 Å². The van der Waals surface area contributed by atoms with E-state index in [9.17, 15) is 20.2 Å². The number of aryl methyl sites for hydroxylation is 1. The minimum atomic E-state index is -0.654. The summed E-state index contributed by atoms with van der Waals surface area (Å²) in [5.41, 5.74) is 7.88. The third-order valence-corrected chi connectivity index (χ3v) is 5.26. The Morgan fingerprint density at radius 2 is 1.83 bits per heavy atom. The fourth-order valence-corrected chi connectivity index (χ4v) is 3.90. The number of anilines is 1. The summed E-state index contributed by atoms with van der Waals surface area (Å²) in [5, 5.41) is 26.8. The van der Waals surface area contributed by atoms with Crippen molar-refractivity contribution in [3.63, 3.8) is 0 Å². The van der Waals surface area contributed by atoms with Gasteiger partial charge in [0.05, 0.1) is 21.6 Å². The molecule has 0 aromatic heterocycles. The lowest BCUT2D eigenvalue weighted by atomic mass is 9.77. The molecular weight excluding hydrogens is 372 g/mol. The molecule has 1 aliphatic rings. The first-order valence-electron chi connectivity index (χ1n) is 9.57. The predicted molar refractivity (Wildman–Crippen MR) is 113 cm³/mol. The van der Waals surface area contributed by atoms with E-state index in [-0.39, 0.29) is 17.1 Å². The molecule has 2 aromatic rings. The average molecular weight is 396 g/mol. The molecule has 8 heteroatoms. The van der Waals surface area contributed by atoms with Gasteiger partial charge in [-0.2, -0.15) is 5.10 Å². The fraction of sp³-hybridized carbons (Fsp3) is 0.381. The summed E-state index contributed by atoms with van der Waals surface area (Å²) in [7, 11) is 0. The van der Waals surface area contributed by atoms with Crippen LogP contribution < -0.4 is 5.43 Å². The number of non-ortho nitro benzene ring substituents is 1. The molecule has 0 heterocycles. The van der Waals surface area contributed by atoms with Crippen LogP contribution in [0.3, 0.4) is 0 Å². The topological polar surface area (TPSA) is 111 Å². The van der Waals surface area contributed by atoms with Crippen LogP contribution in [0, 0.1) is 33.1 Å². The summed E-state index contributed by atoms with van der Waals surface area (Å²) in [6.45, 7) is 8.54. The van der Waals surface area contributed by atoms with Crippen molar-refractivity contribution >= 4 is 22.8 Å². The van der Waals surface area contributed by atoms with E-state index in [2.05, 4.69) is 43.4 Å². The van der Waals surface area contributed by atoms with E-state index in [0.29, 0.717) is 11.8 Å². The maximum absolute atomic E-state index is 11.4. The number of nitrogens with zero attached hydrogens (tertiary/aromatic N) is 3. The van der Waals surface area contributed by atoms with Gasteiger partial charge in [-0.3, -0.25) is 25.7 Å². The normalized spacial score (nSPS) is 17.3. The first kappa shape index (κ1) is 20.4. The van der Waals surface area contributed by atoms with Crippen molar-refractivity contribution in [1.82, 2.24) is 0 Å². The Kier molecular flexibility index (Phi) is 5.63. The standard InChI is InChI=1S/C21H24N4O4/c1-12(2)16-7-5-14(4)21-17(16)9-13(3)10-19(21)23-22-18-8-6-15(24(26)27)11-20(18)25(28)29/h5-8,11-13,22H,9-10H2,1-4H3/b23-19-. The van der Waals surface area contributed by atoms with Crippen molar-refractivity contribution in [3.05, 3.63) is 72.8 Å². The quantitative estimate of drug-likeness (QED) is 0.542. The molecule has 1 atom stereocenters. The second-order valence-corrected chi connectivity index (χ2v) is 7.88. The van der Waals surface area contributed by atoms with Crippen molar-refractivity contribution in [2.75, 3.05) is 5.43 Å². The lowest BCUT2D eigenvalue weighted by Gasteiger charge is -2.28. The van der Waals surface area contributed by atoms with Crippen LogP contribution in [0.5, 0.6) is 0 Å². The Hall–Kier alpha value is -3.29. The van der Waals surface area contributed by atoms with Gasteiger partial charge in [0.2, 0.25) is 0 Å². The van der Waals surface area contributed by atoms with E-state index in [1.54, 1.807) is 0 Å². The molecule has 29 heavy (non-hydrogen) atoms.